The van der Waals surface area contributed by atoms with Gasteiger partial charge in [0.25, 0.3) is 0 Å². The molecule has 1 N–H and O–H groups in total. The number of methoxy groups -OCH3 is 3. The molecule has 0 spiro atoms. The molecule has 0 radical (unpaired) electrons. The van der Waals surface area contributed by atoms with Crippen LogP contribution in [0.1, 0.15) is 0 Å². The van der Waals surface area contributed by atoms with Crippen LogP contribution >= 0.6 is 0 Å². The molecule has 3 rings (SSSR count). The van der Waals surface area contributed by atoms with E-state index in [4.69, 9.17) is 14.2 Å². The van der Waals surface area contributed by atoms with Crippen molar-refractivity contribution in [3.8, 4) is 17.2 Å². The van der Waals surface area contributed by atoms with Crippen LogP contribution < -0.4 is 19.5 Å². The van der Waals surface area contributed by atoms with Crippen molar-refractivity contribution in [2.45, 2.75) is 0 Å². The van der Waals surface area contributed by atoms with Crippen LogP contribution in [0.15, 0.2) is 30.6 Å². The summed E-state index contributed by atoms with van der Waals surface area (Å²) in [5.74, 6) is -0.297. The molecule has 3 aromatic rings. The minimum atomic E-state index is -0.977. The Kier molecular flexibility index (Phi) is 4.51. The van der Waals surface area contributed by atoms with Crippen molar-refractivity contribution in [3.05, 3.63) is 42.2 Å². The third-order valence-corrected chi connectivity index (χ3v) is 3.60. The lowest BCUT2D eigenvalue weighted by Gasteiger charge is -2.15. The average molecular weight is 347 g/mol. The van der Waals surface area contributed by atoms with Gasteiger partial charge in [-0.05, 0) is 6.07 Å². The van der Waals surface area contributed by atoms with Gasteiger partial charge in [-0.15, -0.1) is 0 Å². The third-order valence-electron chi connectivity index (χ3n) is 3.60. The highest BCUT2D eigenvalue weighted by molar-refractivity contribution is 5.91. The first-order chi connectivity index (χ1) is 12.1. The highest BCUT2D eigenvalue weighted by atomic mass is 19.2. The average Bonchev–Trinajstić information content (AvgIpc) is 2.62. The van der Waals surface area contributed by atoms with Gasteiger partial charge in [-0.3, -0.25) is 0 Å². The second-order valence-corrected chi connectivity index (χ2v) is 5.04. The number of nitrogens with one attached hydrogen (secondary N) is 1. The molecule has 0 aliphatic rings. The van der Waals surface area contributed by atoms with Gasteiger partial charge in [0.05, 0.1) is 26.8 Å². The highest BCUT2D eigenvalue weighted by Crippen LogP contribution is 2.40. The molecular formula is C17H15F2N3O3. The van der Waals surface area contributed by atoms with E-state index in [2.05, 4.69) is 15.3 Å². The Morgan fingerprint density at radius 2 is 1.48 bits per heavy atom. The summed E-state index contributed by atoms with van der Waals surface area (Å²) < 4.78 is 42.8. The topological polar surface area (TPSA) is 65.5 Å². The largest absolute Gasteiger partial charge is 0.493 e. The molecule has 0 unspecified atom stereocenters. The first-order valence-electron chi connectivity index (χ1n) is 7.24. The number of ether oxygens (including phenoxy) is 3. The molecule has 8 heteroatoms. The van der Waals surface area contributed by atoms with E-state index < -0.39 is 11.6 Å². The number of hydrogen-bond donors (Lipinski definition) is 1. The standard InChI is InChI=1S/C17H15F2N3O3/c1-23-14-4-9(5-15(24-2)16(14)25-3)22-17-10-6-11(18)12(19)7-13(10)20-8-21-17/h4-8H,1-3H3,(H,20,21,22). The quantitative estimate of drug-likeness (QED) is 0.760. The van der Waals surface area contributed by atoms with Crippen LogP contribution in [-0.2, 0) is 0 Å². The van der Waals surface area contributed by atoms with Crippen molar-refractivity contribution in [1.82, 2.24) is 9.97 Å². The molecule has 1 aromatic heterocycles. The number of fused-ring (bicyclic) bond motifs is 1. The molecule has 1 heterocycles. The smallest absolute Gasteiger partial charge is 0.203 e. The van der Waals surface area contributed by atoms with Crippen molar-refractivity contribution >= 4 is 22.4 Å². The van der Waals surface area contributed by atoms with E-state index in [1.807, 2.05) is 0 Å². The Morgan fingerprint density at radius 1 is 0.840 bits per heavy atom. The molecule has 0 saturated heterocycles. The fraction of sp³-hybridized carbons (Fsp3) is 0.176. The first kappa shape index (κ1) is 16.7. The minimum absolute atomic E-state index is 0.281. The van der Waals surface area contributed by atoms with Gasteiger partial charge in [-0.25, -0.2) is 18.7 Å². The number of halogens is 2. The predicted octanol–water partition coefficient (Wildman–Crippen LogP) is 3.68. The zero-order chi connectivity index (χ0) is 18.0. The van der Waals surface area contributed by atoms with E-state index in [9.17, 15) is 8.78 Å². The molecule has 0 fully saturated rings. The van der Waals surface area contributed by atoms with Crippen LogP contribution in [0.25, 0.3) is 10.9 Å². The monoisotopic (exact) mass is 347 g/mol. The number of rotatable bonds is 5. The molecule has 2 aromatic carbocycles. The molecule has 6 nitrogen and oxygen atoms in total. The van der Waals surface area contributed by atoms with Crippen LogP contribution in [0.5, 0.6) is 17.2 Å². The summed E-state index contributed by atoms with van der Waals surface area (Å²) in [6.45, 7) is 0. The molecular weight excluding hydrogens is 332 g/mol. The fourth-order valence-corrected chi connectivity index (χ4v) is 2.44. The maximum absolute atomic E-state index is 13.6. The molecule has 0 aliphatic heterocycles. The zero-order valence-electron chi connectivity index (χ0n) is 13.8. The van der Waals surface area contributed by atoms with Gasteiger partial charge in [0.2, 0.25) is 5.75 Å². The van der Waals surface area contributed by atoms with Gasteiger partial charge in [-0.1, -0.05) is 0 Å². The molecule has 0 aliphatic carbocycles. The lowest BCUT2D eigenvalue weighted by Crippen LogP contribution is -2.00. The van der Waals surface area contributed by atoms with Crippen LogP contribution in [0.3, 0.4) is 0 Å². The predicted molar refractivity (Wildman–Crippen MR) is 88.8 cm³/mol. The van der Waals surface area contributed by atoms with Crippen molar-refractivity contribution < 1.29 is 23.0 Å². The fourth-order valence-electron chi connectivity index (χ4n) is 2.44. The maximum Gasteiger partial charge on any atom is 0.203 e. The summed E-state index contributed by atoms with van der Waals surface area (Å²) in [4.78, 5) is 8.06. The lowest BCUT2D eigenvalue weighted by molar-refractivity contribution is 0.324. The third kappa shape index (κ3) is 3.10. The Balaban J connectivity index is 2.08. The highest BCUT2D eigenvalue weighted by Gasteiger charge is 2.15. The Morgan fingerprint density at radius 3 is 2.08 bits per heavy atom. The van der Waals surface area contributed by atoms with E-state index >= 15 is 0 Å². The van der Waals surface area contributed by atoms with Gasteiger partial charge >= 0.3 is 0 Å². The number of anilines is 2. The summed E-state index contributed by atoms with van der Waals surface area (Å²) in [6, 6.07) is 5.42. The van der Waals surface area contributed by atoms with Gasteiger partial charge in [0.15, 0.2) is 23.1 Å². The SMILES string of the molecule is COc1cc(Nc2ncnc3cc(F)c(F)cc23)cc(OC)c1OC. The van der Waals surface area contributed by atoms with Gasteiger partial charge < -0.3 is 19.5 Å². The molecule has 0 saturated carbocycles. The second kappa shape index (κ2) is 6.76. The van der Waals surface area contributed by atoms with E-state index in [1.54, 1.807) is 12.1 Å². The first-order valence-corrected chi connectivity index (χ1v) is 7.24. The summed E-state index contributed by atoms with van der Waals surface area (Å²) in [6.07, 6.45) is 1.26. The van der Waals surface area contributed by atoms with Crippen molar-refractivity contribution in [3.63, 3.8) is 0 Å². The molecule has 25 heavy (non-hydrogen) atoms. The van der Waals surface area contributed by atoms with Gasteiger partial charge in [0.1, 0.15) is 12.1 Å². The Labute approximate surface area is 142 Å². The Bertz CT molecular complexity index is 909. The van der Waals surface area contributed by atoms with E-state index in [0.717, 1.165) is 12.1 Å². The summed E-state index contributed by atoms with van der Waals surface area (Å²) in [5, 5.41) is 3.38. The molecule has 0 bridgehead atoms. The second-order valence-electron chi connectivity index (χ2n) is 5.04. The zero-order valence-corrected chi connectivity index (χ0v) is 13.8. The molecule has 130 valence electrons. The summed E-state index contributed by atoms with van der Waals surface area (Å²) in [7, 11) is 4.50. The van der Waals surface area contributed by atoms with Crippen LogP contribution in [0.2, 0.25) is 0 Å². The number of hydrogen-bond acceptors (Lipinski definition) is 6. The van der Waals surface area contributed by atoms with Crippen molar-refractivity contribution in [1.29, 1.82) is 0 Å². The molecule has 0 amide bonds. The summed E-state index contributed by atoms with van der Waals surface area (Å²) in [5.41, 5.74) is 0.850. The van der Waals surface area contributed by atoms with Crippen LogP contribution in [0, 0.1) is 11.6 Å². The summed E-state index contributed by atoms with van der Waals surface area (Å²) >= 11 is 0. The molecule has 0 atom stereocenters. The van der Waals surface area contributed by atoms with Crippen LogP contribution in [0.4, 0.5) is 20.3 Å². The van der Waals surface area contributed by atoms with E-state index in [1.165, 1.54) is 27.7 Å². The normalized spacial score (nSPS) is 10.6. The van der Waals surface area contributed by atoms with Gasteiger partial charge in [0, 0.05) is 29.3 Å². The van der Waals surface area contributed by atoms with Crippen LogP contribution in [-0.4, -0.2) is 31.3 Å². The number of aromatic nitrogens is 2. The Hall–Kier alpha value is -3.16. The van der Waals surface area contributed by atoms with E-state index in [-0.39, 0.29) is 5.52 Å². The minimum Gasteiger partial charge on any atom is -0.493 e. The lowest BCUT2D eigenvalue weighted by atomic mass is 10.2. The van der Waals surface area contributed by atoms with E-state index in [0.29, 0.717) is 34.1 Å². The number of benzene rings is 2. The van der Waals surface area contributed by atoms with Crippen molar-refractivity contribution in [2.75, 3.05) is 26.6 Å². The van der Waals surface area contributed by atoms with Crippen molar-refractivity contribution in [2.24, 2.45) is 0 Å². The maximum atomic E-state index is 13.6. The number of nitrogens with zero attached hydrogens (tertiary/aromatic N) is 2. The van der Waals surface area contributed by atoms with Gasteiger partial charge in [-0.2, -0.15) is 0 Å².